The first-order valence-corrected chi connectivity index (χ1v) is 12.5. The van der Waals surface area contributed by atoms with E-state index in [0.29, 0.717) is 25.3 Å². The Morgan fingerprint density at radius 2 is 1.58 bits per heavy atom. The van der Waals surface area contributed by atoms with Crippen LogP contribution in [0.25, 0.3) is 0 Å². The molecule has 0 spiro atoms. The van der Waals surface area contributed by atoms with Gasteiger partial charge in [0.1, 0.15) is 0 Å². The van der Waals surface area contributed by atoms with E-state index in [1.165, 1.54) is 82.8 Å². The molecule has 4 nitrogen and oxygen atoms in total. The Morgan fingerprint density at radius 1 is 0.935 bits per heavy atom. The summed E-state index contributed by atoms with van der Waals surface area (Å²) in [6.07, 6.45) is 21.3. The van der Waals surface area contributed by atoms with Gasteiger partial charge in [-0.1, -0.05) is 83.4 Å². The lowest BCUT2D eigenvalue weighted by Gasteiger charge is -2.11. The average Bonchev–Trinajstić information content (AvgIpc) is 2.74. The van der Waals surface area contributed by atoms with Crippen molar-refractivity contribution in [3.8, 4) is 11.5 Å². The van der Waals surface area contributed by atoms with Gasteiger partial charge in [-0.05, 0) is 55.7 Å². The van der Waals surface area contributed by atoms with E-state index in [0.717, 1.165) is 12.0 Å². The van der Waals surface area contributed by atoms with E-state index in [1.807, 2.05) is 0 Å². The fourth-order valence-electron chi connectivity index (χ4n) is 3.77. The lowest BCUT2D eigenvalue weighted by molar-refractivity contribution is -0.121. The Balaban J connectivity index is 1.96. The van der Waals surface area contributed by atoms with Gasteiger partial charge in [0.25, 0.3) is 0 Å². The zero-order chi connectivity index (χ0) is 22.7. The molecule has 0 aliphatic heterocycles. The molecule has 0 saturated heterocycles. The molecule has 0 fully saturated rings. The van der Waals surface area contributed by atoms with Crippen LogP contribution in [0.4, 0.5) is 0 Å². The SMILES string of the molecule is CCCCCCCC/C=C\CCCCCC(C)CC(=O)NCCc1ccc(O)c(O)c1. The number of allylic oxidation sites excluding steroid dienone is 2. The van der Waals surface area contributed by atoms with Gasteiger partial charge in [-0.25, -0.2) is 0 Å². The Bertz CT molecular complexity index is 627. The highest BCUT2D eigenvalue weighted by molar-refractivity contribution is 5.76. The molecule has 176 valence electrons. The van der Waals surface area contributed by atoms with E-state index in [4.69, 9.17) is 0 Å². The van der Waals surface area contributed by atoms with Crippen LogP contribution in [-0.4, -0.2) is 22.7 Å². The normalized spacial score (nSPS) is 12.3. The van der Waals surface area contributed by atoms with Crippen LogP contribution < -0.4 is 5.32 Å². The van der Waals surface area contributed by atoms with Crippen LogP contribution in [0.15, 0.2) is 30.4 Å². The molecular weight excluding hydrogens is 386 g/mol. The number of benzene rings is 1. The lowest BCUT2D eigenvalue weighted by Crippen LogP contribution is -2.27. The van der Waals surface area contributed by atoms with E-state index in [1.54, 1.807) is 6.07 Å². The van der Waals surface area contributed by atoms with Crippen molar-refractivity contribution in [1.82, 2.24) is 5.32 Å². The summed E-state index contributed by atoms with van der Waals surface area (Å²) in [5, 5.41) is 21.8. The van der Waals surface area contributed by atoms with Crippen molar-refractivity contribution in [2.24, 2.45) is 5.92 Å². The van der Waals surface area contributed by atoms with Crippen LogP contribution in [0.3, 0.4) is 0 Å². The Kier molecular flexibility index (Phi) is 15.4. The smallest absolute Gasteiger partial charge is 0.220 e. The number of hydrogen-bond donors (Lipinski definition) is 3. The molecule has 0 saturated carbocycles. The summed E-state index contributed by atoms with van der Waals surface area (Å²) >= 11 is 0. The summed E-state index contributed by atoms with van der Waals surface area (Å²) in [6, 6.07) is 4.77. The molecule has 31 heavy (non-hydrogen) atoms. The highest BCUT2D eigenvalue weighted by Crippen LogP contribution is 2.24. The summed E-state index contributed by atoms with van der Waals surface area (Å²) in [5.41, 5.74) is 0.893. The minimum absolute atomic E-state index is 0.0909. The zero-order valence-electron chi connectivity index (χ0n) is 19.9. The molecule has 1 aromatic carbocycles. The van der Waals surface area contributed by atoms with Gasteiger partial charge < -0.3 is 15.5 Å². The molecule has 0 aromatic heterocycles. The lowest BCUT2D eigenvalue weighted by atomic mass is 9.99. The monoisotopic (exact) mass is 431 g/mol. The number of aromatic hydroxyl groups is 2. The first-order chi connectivity index (χ1) is 15.0. The van der Waals surface area contributed by atoms with Gasteiger partial charge in [0, 0.05) is 13.0 Å². The number of phenols is 2. The third kappa shape index (κ3) is 14.6. The van der Waals surface area contributed by atoms with Gasteiger partial charge in [-0.15, -0.1) is 0 Å². The van der Waals surface area contributed by atoms with E-state index < -0.39 is 0 Å². The van der Waals surface area contributed by atoms with Crippen LogP contribution in [0.5, 0.6) is 11.5 Å². The van der Waals surface area contributed by atoms with Gasteiger partial charge in [-0.2, -0.15) is 0 Å². The summed E-state index contributed by atoms with van der Waals surface area (Å²) in [7, 11) is 0. The predicted molar refractivity (Wildman–Crippen MR) is 130 cm³/mol. The molecule has 0 aliphatic carbocycles. The Labute approximate surface area is 190 Å². The van der Waals surface area contributed by atoms with Gasteiger partial charge in [-0.3, -0.25) is 4.79 Å². The number of hydrogen-bond acceptors (Lipinski definition) is 3. The third-order valence-electron chi connectivity index (χ3n) is 5.77. The van der Waals surface area contributed by atoms with Crippen LogP contribution in [-0.2, 0) is 11.2 Å². The van der Waals surface area contributed by atoms with E-state index in [2.05, 4.69) is 31.3 Å². The molecule has 1 unspecified atom stereocenters. The first-order valence-electron chi connectivity index (χ1n) is 12.5. The summed E-state index contributed by atoms with van der Waals surface area (Å²) in [6.45, 7) is 4.95. The number of amides is 1. The Hall–Kier alpha value is -1.97. The number of unbranched alkanes of at least 4 members (excludes halogenated alkanes) is 9. The number of phenolic OH excluding ortho intramolecular Hbond substituents is 2. The molecule has 1 aromatic rings. The second kappa shape index (κ2) is 17.7. The van der Waals surface area contributed by atoms with Gasteiger partial charge in [0.05, 0.1) is 0 Å². The number of carbonyl (C=O) groups excluding carboxylic acids is 1. The minimum atomic E-state index is -0.120. The highest BCUT2D eigenvalue weighted by Gasteiger charge is 2.09. The van der Waals surface area contributed by atoms with E-state index in [9.17, 15) is 15.0 Å². The second-order valence-corrected chi connectivity index (χ2v) is 8.90. The fraction of sp³-hybridized carbons (Fsp3) is 0.667. The molecule has 1 rings (SSSR count). The van der Waals surface area contributed by atoms with Crippen molar-refractivity contribution >= 4 is 5.91 Å². The molecule has 0 heterocycles. The number of nitrogens with one attached hydrogen (secondary N) is 1. The molecule has 1 atom stereocenters. The average molecular weight is 432 g/mol. The number of rotatable bonds is 18. The largest absolute Gasteiger partial charge is 0.504 e. The maximum Gasteiger partial charge on any atom is 0.220 e. The summed E-state index contributed by atoms with van der Waals surface area (Å²) in [4.78, 5) is 12.1. The molecule has 3 N–H and O–H groups in total. The topological polar surface area (TPSA) is 69.6 Å². The van der Waals surface area contributed by atoms with Crippen LogP contribution in [0.2, 0.25) is 0 Å². The highest BCUT2D eigenvalue weighted by atomic mass is 16.3. The van der Waals surface area contributed by atoms with Gasteiger partial charge >= 0.3 is 0 Å². The maximum absolute atomic E-state index is 12.1. The third-order valence-corrected chi connectivity index (χ3v) is 5.77. The van der Waals surface area contributed by atoms with Crippen LogP contribution >= 0.6 is 0 Å². The molecule has 4 heteroatoms. The number of carbonyl (C=O) groups is 1. The van der Waals surface area contributed by atoms with Crippen molar-refractivity contribution in [2.75, 3.05) is 6.54 Å². The van der Waals surface area contributed by atoms with E-state index in [-0.39, 0.29) is 17.4 Å². The summed E-state index contributed by atoms with van der Waals surface area (Å²) in [5.74, 6) is 0.255. The van der Waals surface area contributed by atoms with Crippen LogP contribution in [0, 0.1) is 5.92 Å². The van der Waals surface area contributed by atoms with Gasteiger partial charge in [0.2, 0.25) is 5.91 Å². The van der Waals surface area contributed by atoms with E-state index >= 15 is 0 Å². The standard InChI is InChI=1S/C27H45NO3/c1-3-4-5-6-7-8-9-10-11-12-13-14-15-16-23(2)21-27(31)28-20-19-24-17-18-25(29)26(30)22-24/h10-11,17-18,22-23,29-30H,3-9,12-16,19-21H2,1-2H3,(H,28,31)/b11-10-. The molecule has 1 amide bonds. The molecular formula is C27H45NO3. The quantitative estimate of drug-likeness (QED) is 0.133. The Morgan fingerprint density at radius 3 is 2.26 bits per heavy atom. The van der Waals surface area contributed by atoms with Crippen molar-refractivity contribution < 1.29 is 15.0 Å². The minimum Gasteiger partial charge on any atom is -0.504 e. The zero-order valence-corrected chi connectivity index (χ0v) is 19.9. The van der Waals surface area contributed by atoms with Crippen LogP contribution in [0.1, 0.15) is 103 Å². The second-order valence-electron chi connectivity index (χ2n) is 8.90. The van der Waals surface area contributed by atoms with Gasteiger partial charge in [0.15, 0.2) is 11.5 Å². The van der Waals surface area contributed by atoms with Crippen molar-refractivity contribution in [2.45, 2.75) is 104 Å². The van der Waals surface area contributed by atoms with Crippen molar-refractivity contribution in [3.05, 3.63) is 35.9 Å². The molecule has 0 bridgehead atoms. The fourth-order valence-corrected chi connectivity index (χ4v) is 3.77. The van der Waals surface area contributed by atoms with Crippen molar-refractivity contribution in [1.29, 1.82) is 0 Å². The molecule has 0 radical (unpaired) electrons. The first kappa shape index (κ1) is 27.1. The summed E-state index contributed by atoms with van der Waals surface area (Å²) < 4.78 is 0. The van der Waals surface area contributed by atoms with Crippen molar-refractivity contribution in [3.63, 3.8) is 0 Å². The molecule has 0 aliphatic rings. The predicted octanol–water partition coefficient (Wildman–Crippen LogP) is 7.04. The maximum atomic E-state index is 12.1.